The number of hydrogen-bond acceptors (Lipinski definition) is 4. The van der Waals surface area contributed by atoms with Crippen LogP contribution in [0.5, 0.6) is 11.5 Å². The van der Waals surface area contributed by atoms with Gasteiger partial charge in [0, 0.05) is 18.7 Å². The summed E-state index contributed by atoms with van der Waals surface area (Å²) in [4.78, 5) is 0. The lowest BCUT2D eigenvalue weighted by Crippen LogP contribution is -2.31. The van der Waals surface area contributed by atoms with Gasteiger partial charge in [-0.15, -0.1) is 6.58 Å². The summed E-state index contributed by atoms with van der Waals surface area (Å²) < 4.78 is 11.1. The van der Waals surface area contributed by atoms with E-state index in [1.165, 1.54) is 0 Å². The molecule has 2 N–H and O–H groups in total. The summed E-state index contributed by atoms with van der Waals surface area (Å²) in [7, 11) is 1.65. The molecule has 0 fully saturated rings. The molecule has 0 aliphatic rings. The van der Waals surface area contributed by atoms with Crippen molar-refractivity contribution >= 4 is 0 Å². The average Bonchev–Trinajstić information content (AvgIpc) is 2.44. The first-order chi connectivity index (χ1) is 9.88. The molecule has 0 heterocycles. The van der Waals surface area contributed by atoms with Crippen molar-refractivity contribution in [3.8, 4) is 11.5 Å². The van der Waals surface area contributed by atoms with E-state index in [0.717, 1.165) is 17.1 Å². The maximum absolute atomic E-state index is 9.89. The van der Waals surface area contributed by atoms with Gasteiger partial charge in [-0.05, 0) is 23.6 Å². The van der Waals surface area contributed by atoms with Crippen LogP contribution < -0.4 is 14.8 Å². The van der Waals surface area contributed by atoms with Crippen molar-refractivity contribution in [2.75, 3.05) is 26.8 Å². The van der Waals surface area contributed by atoms with Gasteiger partial charge >= 0.3 is 0 Å². The predicted molar refractivity (Wildman–Crippen MR) is 86.3 cm³/mol. The van der Waals surface area contributed by atoms with Crippen LogP contribution in [0, 0.1) is 0 Å². The van der Waals surface area contributed by atoms with Crippen LogP contribution in [-0.4, -0.2) is 38.0 Å². The molecular weight excluding hydrogens is 266 g/mol. The summed E-state index contributed by atoms with van der Waals surface area (Å²) in [5.74, 6) is 1.59. The second-order valence-corrected chi connectivity index (χ2v) is 6.02. The molecule has 0 aliphatic heterocycles. The van der Waals surface area contributed by atoms with Crippen molar-refractivity contribution in [2.24, 2.45) is 0 Å². The number of methoxy groups -OCH3 is 1. The van der Waals surface area contributed by atoms with E-state index < -0.39 is 6.10 Å². The zero-order valence-corrected chi connectivity index (χ0v) is 13.5. The number of rotatable bonds is 8. The fraction of sp³-hybridized carbons (Fsp3) is 0.529. The smallest absolute Gasteiger partial charge is 0.123 e. The van der Waals surface area contributed by atoms with Crippen molar-refractivity contribution < 1.29 is 14.6 Å². The molecule has 0 spiro atoms. The summed E-state index contributed by atoms with van der Waals surface area (Å²) >= 11 is 0. The minimum absolute atomic E-state index is 0.0596. The van der Waals surface area contributed by atoms with Gasteiger partial charge in [0.1, 0.15) is 24.2 Å². The summed E-state index contributed by atoms with van der Waals surface area (Å²) in [5, 5.41) is 13.0. The zero-order valence-electron chi connectivity index (χ0n) is 13.5. The minimum Gasteiger partial charge on any atom is -0.497 e. The molecule has 0 aliphatic carbocycles. The molecule has 0 saturated heterocycles. The molecule has 21 heavy (non-hydrogen) atoms. The van der Waals surface area contributed by atoms with Crippen LogP contribution in [0.2, 0.25) is 0 Å². The Morgan fingerprint density at radius 2 is 2.10 bits per heavy atom. The number of aliphatic hydroxyl groups excluding tert-OH is 1. The van der Waals surface area contributed by atoms with Crippen LogP contribution in [-0.2, 0) is 5.41 Å². The van der Waals surface area contributed by atoms with Crippen molar-refractivity contribution in [1.29, 1.82) is 0 Å². The van der Waals surface area contributed by atoms with Gasteiger partial charge < -0.3 is 19.9 Å². The van der Waals surface area contributed by atoms with Crippen LogP contribution >= 0.6 is 0 Å². The van der Waals surface area contributed by atoms with Gasteiger partial charge in [-0.3, -0.25) is 0 Å². The largest absolute Gasteiger partial charge is 0.497 e. The Labute approximate surface area is 127 Å². The van der Waals surface area contributed by atoms with Crippen molar-refractivity contribution in [3.05, 3.63) is 36.4 Å². The summed E-state index contributed by atoms with van der Waals surface area (Å²) in [5.41, 5.74) is 1.00. The van der Waals surface area contributed by atoms with E-state index in [0.29, 0.717) is 13.1 Å². The molecule has 0 bridgehead atoms. The standard InChI is InChI=1S/C17H27NO3/c1-6-9-18-11-13(19)12-21-16-8-7-14(20-5)10-15(16)17(2,3)4/h6-8,10,13,18-19H,1,9,11-12H2,2-5H3/t13-/m1/s1. The molecule has 118 valence electrons. The molecule has 1 rings (SSSR count). The van der Waals surface area contributed by atoms with Crippen LogP contribution in [0.15, 0.2) is 30.9 Å². The molecule has 0 radical (unpaired) electrons. The van der Waals surface area contributed by atoms with Gasteiger partial charge in [-0.25, -0.2) is 0 Å². The highest BCUT2D eigenvalue weighted by Gasteiger charge is 2.20. The molecule has 1 aromatic rings. The first-order valence-electron chi connectivity index (χ1n) is 7.19. The lowest BCUT2D eigenvalue weighted by Gasteiger charge is -2.24. The molecule has 1 atom stereocenters. The van der Waals surface area contributed by atoms with Crippen LogP contribution in [0.1, 0.15) is 26.3 Å². The van der Waals surface area contributed by atoms with E-state index in [1.807, 2.05) is 18.2 Å². The summed E-state index contributed by atoms with van der Waals surface area (Å²) in [6.45, 7) is 11.4. The Kier molecular flexibility index (Phi) is 6.72. The monoisotopic (exact) mass is 293 g/mol. The highest BCUT2D eigenvalue weighted by atomic mass is 16.5. The number of hydrogen-bond donors (Lipinski definition) is 2. The molecule has 0 aromatic heterocycles. The van der Waals surface area contributed by atoms with Crippen molar-refractivity contribution in [3.63, 3.8) is 0 Å². The Hall–Kier alpha value is -1.52. The predicted octanol–water partition coefficient (Wildman–Crippen LogP) is 2.51. The van der Waals surface area contributed by atoms with Gasteiger partial charge in [0.05, 0.1) is 7.11 Å². The molecule has 4 nitrogen and oxygen atoms in total. The topological polar surface area (TPSA) is 50.7 Å². The first-order valence-corrected chi connectivity index (χ1v) is 7.19. The third-order valence-electron chi connectivity index (χ3n) is 3.09. The van der Waals surface area contributed by atoms with E-state index in [9.17, 15) is 5.11 Å². The quantitative estimate of drug-likeness (QED) is 0.571. The molecule has 4 heteroatoms. The third kappa shape index (κ3) is 5.78. The molecule has 1 aromatic carbocycles. The minimum atomic E-state index is -0.556. The highest BCUT2D eigenvalue weighted by Crippen LogP contribution is 2.34. The first kappa shape index (κ1) is 17.5. The van der Waals surface area contributed by atoms with Gasteiger partial charge in [0.2, 0.25) is 0 Å². The van der Waals surface area contributed by atoms with E-state index in [2.05, 4.69) is 32.7 Å². The molecular formula is C17H27NO3. The number of nitrogens with one attached hydrogen (secondary N) is 1. The second kappa shape index (κ2) is 8.05. The second-order valence-electron chi connectivity index (χ2n) is 6.02. The fourth-order valence-corrected chi connectivity index (χ4v) is 1.94. The maximum Gasteiger partial charge on any atom is 0.123 e. The Morgan fingerprint density at radius 3 is 2.67 bits per heavy atom. The normalized spacial score (nSPS) is 12.8. The van der Waals surface area contributed by atoms with Crippen LogP contribution in [0.3, 0.4) is 0 Å². The van der Waals surface area contributed by atoms with E-state index in [1.54, 1.807) is 13.2 Å². The summed E-state index contributed by atoms with van der Waals surface area (Å²) in [6.07, 6.45) is 1.20. The van der Waals surface area contributed by atoms with E-state index in [4.69, 9.17) is 9.47 Å². The Morgan fingerprint density at radius 1 is 1.38 bits per heavy atom. The number of ether oxygens (including phenoxy) is 2. The molecule has 0 unspecified atom stereocenters. The average molecular weight is 293 g/mol. The molecule has 0 saturated carbocycles. The van der Waals surface area contributed by atoms with Gasteiger partial charge in [-0.1, -0.05) is 26.8 Å². The lowest BCUT2D eigenvalue weighted by atomic mass is 9.86. The van der Waals surface area contributed by atoms with Crippen LogP contribution in [0.4, 0.5) is 0 Å². The van der Waals surface area contributed by atoms with E-state index in [-0.39, 0.29) is 12.0 Å². The molecule has 0 amide bonds. The van der Waals surface area contributed by atoms with Crippen molar-refractivity contribution in [2.45, 2.75) is 32.3 Å². The van der Waals surface area contributed by atoms with Gasteiger partial charge in [0.15, 0.2) is 0 Å². The Bertz CT molecular complexity index is 452. The Balaban J connectivity index is 2.72. The van der Waals surface area contributed by atoms with Crippen molar-refractivity contribution in [1.82, 2.24) is 5.32 Å². The number of aliphatic hydroxyl groups is 1. The van der Waals surface area contributed by atoms with Crippen LogP contribution in [0.25, 0.3) is 0 Å². The van der Waals surface area contributed by atoms with Gasteiger partial charge in [-0.2, -0.15) is 0 Å². The lowest BCUT2D eigenvalue weighted by molar-refractivity contribution is 0.106. The number of benzene rings is 1. The third-order valence-corrected chi connectivity index (χ3v) is 3.09. The van der Waals surface area contributed by atoms with E-state index >= 15 is 0 Å². The fourth-order valence-electron chi connectivity index (χ4n) is 1.94. The summed E-state index contributed by atoms with van der Waals surface area (Å²) in [6, 6.07) is 5.74. The highest BCUT2D eigenvalue weighted by molar-refractivity contribution is 5.44. The zero-order chi connectivity index (χ0) is 15.9. The van der Waals surface area contributed by atoms with Gasteiger partial charge in [0.25, 0.3) is 0 Å². The maximum atomic E-state index is 9.89. The SMILES string of the molecule is C=CCNC[C@@H](O)COc1ccc(OC)cc1C(C)(C)C.